The number of carbonyl (C=O) groups is 1. The number of phenols is 1. The van der Waals surface area contributed by atoms with Gasteiger partial charge in [-0.05, 0) is 12.1 Å². The molecule has 2 rings (SSSR count). The van der Waals surface area contributed by atoms with Crippen molar-refractivity contribution in [3.63, 3.8) is 0 Å². The van der Waals surface area contributed by atoms with E-state index in [-0.39, 0.29) is 22.3 Å². The fourth-order valence-electron chi connectivity index (χ4n) is 1.24. The van der Waals surface area contributed by atoms with Crippen LogP contribution >= 0.6 is 0 Å². The van der Waals surface area contributed by atoms with Gasteiger partial charge in [-0.2, -0.15) is 0 Å². The molecule has 0 saturated carbocycles. The SMILES string of the molecule is O=Cc1coc2c(O)cccc2c1=O. The molecule has 0 amide bonds. The Balaban J connectivity index is 2.98. The van der Waals surface area contributed by atoms with Gasteiger partial charge in [0.15, 0.2) is 17.6 Å². The minimum Gasteiger partial charge on any atom is -0.504 e. The number of benzene rings is 1. The first-order chi connectivity index (χ1) is 6.74. The third kappa shape index (κ3) is 1.08. The molecule has 0 fully saturated rings. The maximum Gasteiger partial charge on any atom is 0.203 e. The quantitative estimate of drug-likeness (QED) is 0.688. The van der Waals surface area contributed by atoms with Crippen LogP contribution in [-0.2, 0) is 0 Å². The van der Waals surface area contributed by atoms with E-state index in [4.69, 9.17) is 4.42 Å². The standard InChI is InChI=1S/C10H6O4/c11-4-6-5-14-10-7(9(6)13)2-1-3-8(10)12/h1-5,12H. The van der Waals surface area contributed by atoms with Crippen molar-refractivity contribution in [2.45, 2.75) is 0 Å². The van der Waals surface area contributed by atoms with Crippen molar-refractivity contribution >= 4 is 17.3 Å². The number of rotatable bonds is 1. The average Bonchev–Trinajstić information content (AvgIpc) is 2.20. The summed E-state index contributed by atoms with van der Waals surface area (Å²) in [6.07, 6.45) is 1.46. The zero-order chi connectivity index (χ0) is 10.1. The molecular weight excluding hydrogens is 184 g/mol. The fourth-order valence-corrected chi connectivity index (χ4v) is 1.24. The van der Waals surface area contributed by atoms with Gasteiger partial charge in [0.25, 0.3) is 0 Å². The third-order valence-corrected chi connectivity index (χ3v) is 1.93. The van der Waals surface area contributed by atoms with E-state index in [1.54, 1.807) is 0 Å². The van der Waals surface area contributed by atoms with Crippen molar-refractivity contribution < 1.29 is 14.3 Å². The molecule has 0 radical (unpaired) electrons. The van der Waals surface area contributed by atoms with E-state index in [0.29, 0.717) is 6.29 Å². The molecule has 14 heavy (non-hydrogen) atoms. The second-order valence-electron chi connectivity index (χ2n) is 2.79. The van der Waals surface area contributed by atoms with Crippen molar-refractivity contribution in [3.8, 4) is 5.75 Å². The van der Waals surface area contributed by atoms with Crippen LogP contribution in [-0.4, -0.2) is 11.4 Å². The molecule has 4 nitrogen and oxygen atoms in total. The predicted molar refractivity (Wildman–Crippen MR) is 49.5 cm³/mol. The van der Waals surface area contributed by atoms with Gasteiger partial charge in [-0.1, -0.05) is 6.07 Å². The molecular formula is C10H6O4. The van der Waals surface area contributed by atoms with Crippen LogP contribution < -0.4 is 5.43 Å². The van der Waals surface area contributed by atoms with E-state index < -0.39 is 5.43 Å². The van der Waals surface area contributed by atoms with E-state index in [1.165, 1.54) is 18.2 Å². The highest BCUT2D eigenvalue weighted by molar-refractivity contribution is 5.87. The Kier molecular flexibility index (Phi) is 1.81. The molecule has 0 aliphatic heterocycles. The van der Waals surface area contributed by atoms with Crippen LogP contribution in [0.1, 0.15) is 10.4 Å². The van der Waals surface area contributed by atoms with Gasteiger partial charge < -0.3 is 9.52 Å². The Hall–Kier alpha value is -2.10. The monoisotopic (exact) mass is 190 g/mol. The molecule has 1 heterocycles. The lowest BCUT2D eigenvalue weighted by Gasteiger charge is -1.98. The second-order valence-corrected chi connectivity index (χ2v) is 2.79. The Morgan fingerprint density at radius 3 is 2.86 bits per heavy atom. The Bertz CT molecular complexity index is 554. The van der Waals surface area contributed by atoms with E-state index in [1.807, 2.05) is 0 Å². The Labute approximate surface area is 78.4 Å². The normalized spacial score (nSPS) is 10.3. The first-order valence-electron chi connectivity index (χ1n) is 3.92. The number of hydrogen-bond acceptors (Lipinski definition) is 4. The lowest BCUT2D eigenvalue weighted by atomic mass is 10.2. The highest BCUT2D eigenvalue weighted by Gasteiger charge is 2.08. The van der Waals surface area contributed by atoms with Crippen LogP contribution in [0.25, 0.3) is 11.0 Å². The molecule has 1 N–H and O–H groups in total. The van der Waals surface area contributed by atoms with Crippen molar-refractivity contribution in [3.05, 3.63) is 40.2 Å². The zero-order valence-electron chi connectivity index (χ0n) is 7.06. The number of aromatic hydroxyl groups is 1. The molecule has 0 saturated heterocycles. The molecule has 70 valence electrons. The van der Waals surface area contributed by atoms with Crippen molar-refractivity contribution in [1.82, 2.24) is 0 Å². The number of para-hydroxylation sites is 1. The van der Waals surface area contributed by atoms with Gasteiger partial charge in [0.2, 0.25) is 5.43 Å². The van der Waals surface area contributed by atoms with Crippen molar-refractivity contribution in [1.29, 1.82) is 0 Å². The van der Waals surface area contributed by atoms with Gasteiger partial charge in [-0.3, -0.25) is 9.59 Å². The summed E-state index contributed by atoms with van der Waals surface area (Å²) in [5.74, 6) is -0.114. The van der Waals surface area contributed by atoms with Gasteiger partial charge in [0.05, 0.1) is 10.9 Å². The number of phenolic OH excluding ortho intramolecular Hbond substituents is 1. The number of aldehydes is 1. The molecule has 0 spiro atoms. The zero-order valence-corrected chi connectivity index (χ0v) is 7.06. The predicted octanol–water partition coefficient (Wildman–Crippen LogP) is 1.31. The molecule has 0 aliphatic rings. The van der Waals surface area contributed by atoms with Crippen molar-refractivity contribution in [2.75, 3.05) is 0 Å². The molecule has 0 unspecified atom stereocenters. The lowest BCUT2D eigenvalue weighted by molar-refractivity contribution is 0.112. The minimum absolute atomic E-state index is 0.0527. The lowest BCUT2D eigenvalue weighted by Crippen LogP contribution is -2.07. The Morgan fingerprint density at radius 1 is 1.36 bits per heavy atom. The van der Waals surface area contributed by atoms with Crippen LogP contribution in [0.4, 0.5) is 0 Å². The van der Waals surface area contributed by atoms with Crippen LogP contribution in [0.5, 0.6) is 5.75 Å². The Morgan fingerprint density at radius 2 is 2.14 bits per heavy atom. The van der Waals surface area contributed by atoms with E-state index >= 15 is 0 Å². The molecule has 0 atom stereocenters. The number of fused-ring (bicyclic) bond motifs is 1. The summed E-state index contributed by atoms with van der Waals surface area (Å²) in [6, 6.07) is 4.42. The van der Waals surface area contributed by atoms with Gasteiger partial charge >= 0.3 is 0 Å². The molecule has 1 aromatic heterocycles. The summed E-state index contributed by atoms with van der Waals surface area (Å²) in [4.78, 5) is 21.9. The molecule has 4 heteroatoms. The second kappa shape index (κ2) is 2.99. The average molecular weight is 190 g/mol. The summed E-state index contributed by atoms with van der Waals surface area (Å²) in [5.41, 5.74) is -0.386. The van der Waals surface area contributed by atoms with Gasteiger partial charge in [0.1, 0.15) is 6.26 Å². The summed E-state index contributed by atoms with van der Waals surface area (Å²) >= 11 is 0. The van der Waals surface area contributed by atoms with Gasteiger partial charge in [0, 0.05) is 0 Å². The first kappa shape index (κ1) is 8.50. The van der Waals surface area contributed by atoms with Crippen LogP contribution in [0.3, 0.4) is 0 Å². The van der Waals surface area contributed by atoms with E-state index in [0.717, 1.165) is 6.26 Å². The molecule has 2 aromatic rings. The molecule has 0 aliphatic carbocycles. The fraction of sp³-hybridized carbons (Fsp3) is 0. The maximum atomic E-state index is 11.5. The summed E-state index contributed by atoms with van der Waals surface area (Å²) in [7, 11) is 0. The maximum absolute atomic E-state index is 11.5. The highest BCUT2D eigenvalue weighted by Crippen LogP contribution is 2.21. The molecule has 0 bridgehead atoms. The van der Waals surface area contributed by atoms with Crippen molar-refractivity contribution in [2.24, 2.45) is 0 Å². The van der Waals surface area contributed by atoms with Gasteiger partial charge in [-0.15, -0.1) is 0 Å². The summed E-state index contributed by atoms with van der Waals surface area (Å²) < 4.78 is 4.96. The highest BCUT2D eigenvalue weighted by atomic mass is 16.3. The molecule has 1 aromatic carbocycles. The van der Waals surface area contributed by atoms with Gasteiger partial charge in [-0.25, -0.2) is 0 Å². The minimum atomic E-state index is -0.433. The topological polar surface area (TPSA) is 67.5 Å². The number of hydrogen-bond donors (Lipinski definition) is 1. The van der Waals surface area contributed by atoms with E-state index in [9.17, 15) is 14.7 Å². The largest absolute Gasteiger partial charge is 0.504 e. The van der Waals surface area contributed by atoms with E-state index in [2.05, 4.69) is 0 Å². The first-order valence-corrected chi connectivity index (χ1v) is 3.92. The van der Waals surface area contributed by atoms with Crippen LogP contribution in [0, 0.1) is 0 Å². The third-order valence-electron chi connectivity index (χ3n) is 1.93. The summed E-state index contributed by atoms with van der Waals surface area (Å²) in [5, 5.41) is 9.54. The number of carbonyl (C=O) groups excluding carboxylic acids is 1. The van der Waals surface area contributed by atoms with Crippen LogP contribution in [0.15, 0.2) is 33.7 Å². The van der Waals surface area contributed by atoms with Crippen LogP contribution in [0.2, 0.25) is 0 Å². The smallest absolute Gasteiger partial charge is 0.203 e. The summed E-state index contributed by atoms with van der Waals surface area (Å²) in [6.45, 7) is 0.